The number of rotatable bonds is 7. The number of ether oxygens (including phenoxy) is 1. The van der Waals surface area contributed by atoms with Gasteiger partial charge in [-0.25, -0.2) is 4.79 Å². The molecule has 3 rings (SSSR count). The van der Waals surface area contributed by atoms with E-state index in [1.807, 2.05) is 29.4 Å². The summed E-state index contributed by atoms with van der Waals surface area (Å²) in [5.41, 5.74) is 0. The molecule has 0 spiro atoms. The van der Waals surface area contributed by atoms with Crippen LogP contribution in [0.3, 0.4) is 0 Å². The van der Waals surface area contributed by atoms with Gasteiger partial charge in [0.15, 0.2) is 0 Å². The number of carbonyl (C=O) groups excluding carboxylic acids is 1. The summed E-state index contributed by atoms with van der Waals surface area (Å²) in [6.07, 6.45) is 6.65. The molecule has 2 heterocycles. The number of amides is 2. The average Bonchev–Trinajstić information content (AvgIpc) is 3.19. The van der Waals surface area contributed by atoms with E-state index < -0.39 is 0 Å². The first kappa shape index (κ1) is 16.3. The summed E-state index contributed by atoms with van der Waals surface area (Å²) in [6.45, 7) is 5.64. The number of likely N-dealkylation sites (N-methyl/N-ethyl adjacent to an activating group) is 1. The molecule has 128 valence electrons. The molecule has 6 heteroatoms. The molecule has 1 aliphatic heterocycles. The van der Waals surface area contributed by atoms with Crippen LogP contribution in [0, 0.1) is 5.92 Å². The number of morpholine rings is 1. The van der Waals surface area contributed by atoms with Gasteiger partial charge in [-0.1, -0.05) is 0 Å². The average molecular weight is 320 g/mol. The lowest BCUT2D eigenvalue weighted by Crippen LogP contribution is -2.50. The van der Waals surface area contributed by atoms with Crippen LogP contribution in [0.4, 0.5) is 4.79 Å². The summed E-state index contributed by atoms with van der Waals surface area (Å²) in [7, 11) is 2.11. The number of aromatic nitrogens is 1. The van der Waals surface area contributed by atoms with Gasteiger partial charge >= 0.3 is 6.03 Å². The predicted octanol–water partition coefficient (Wildman–Crippen LogP) is 1.24. The molecule has 0 aromatic carbocycles. The van der Waals surface area contributed by atoms with Crippen molar-refractivity contribution in [3.63, 3.8) is 0 Å². The van der Waals surface area contributed by atoms with Crippen LogP contribution in [0.15, 0.2) is 24.5 Å². The lowest BCUT2D eigenvalue weighted by molar-refractivity contribution is -0.0308. The highest BCUT2D eigenvalue weighted by molar-refractivity contribution is 5.74. The molecule has 0 radical (unpaired) electrons. The van der Waals surface area contributed by atoms with E-state index in [1.54, 1.807) is 0 Å². The standard InChI is InChI=1S/C17H28N4O2/c1-19-10-11-23-16(13-19)14-21(12-15-4-5-15)17(22)18-6-9-20-7-2-3-8-20/h2-3,7-8,15-16H,4-6,9-14H2,1H3,(H,18,22). The highest BCUT2D eigenvalue weighted by Gasteiger charge is 2.29. The van der Waals surface area contributed by atoms with Crippen molar-refractivity contribution in [1.29, 1.82) is 0 Å². The van der Waals surface area contributed by atoms with Gasteiger partial charge in [0.25, 0.3) is 0 Å². The van der Waals surface area contributed by atoms with Gasteiger partial charge in [0.2, 0.25) is 0 Å². The van der Waals surface area contributed by atoms with E-state index in [1.165, 1.54) is 12.8 Å². The minimum absolute atomic E-state index is 0.0425. The summed E-state index contributed by atoms with van der Waals surface area (Å²) in [5, 5.41) is 3.05. The van der Waals surface area contributed by atoms with Crippen LogP contribution in [-0.2, 0) is 11.3 Å². The van der Waals surface area contributed by atoms with Gasteiger partial charge in [-0.2, -0.15) is 0 Å². The lowest BCUT2D eigenvalue weighted by Gasteiger charge is -2.34. The second kappa shape index (κ2) is 7.84. The largest absolute Gasteiger partial charge is 0.374 e. The van der Waals surface area contributed by atoms with Crippen molar-refractivity contribution in [2.75, 3.05) is 46.4 Å². The normalized spacial score (nSPS) is 22.0. The van der Waals surface area contributed by atoms with Crippen molar-refractivity contribution in [2.45, 2.75) is 25.5 Å². The predicted molar refractivity (Wildman–Crippen MR) is 89.4 cm³/mol. The first-order valence-electron chi connectivity index (χ1n) is 8.64. The van der Waals surface area contributed by atoms with Gasteiger partial charge < -0.3 is 24.4 Å². The van der Waals surface area contributed by atoms with Gasteiger partial charge in [0.05, 0.1) is 12.7 Å². The maximum absolute atomic E-state index is 12.5. The number of hydrogen-bond donors (Lipinski definition) is 1. The Morgan fingerprint density at radius 3 is 2.78 bits per heavy atom. The van der Waals surface area contributed by atoms with Crippen molar-refractivity contribution in [2.24, 2.45) is 5.92 Å². The van der Waals surface area contributed by atoms with Gasteiger partial charge in [0, 0.05) is 51.7 Å². The van der Waals surface area contributed by atoms with E-state index in [4.69, 9.17) is 4.74 Å². The fourth-order valence-corrected chi connectivity index (χ4v) is 3.00. The highest BCUT2D eigenvalue weighted by atomic mass is 16.5. The molecule has 2 amide bonds. The summed E-state index contributed by atoms with van der Waals surface area (Å²) < 4.78 is 7.90. The van der Waals surface area contributed by atoms with Crippen LogP contribution in [0.25, 0.3) is 0 Å². The number of nitrogens with zero attached hydrogens (tertiary/aromatic N) is 3. The van der Waals surface area contributed by atoms with Crippen molar-refractivity contribution in [3.05, 3.63) is 24.5 Å². The van der Waals surface area contributed by atoms with E-state index in [0.29, 0.717) is 19.0 Å². The molecule has 1 unspecified atom stereocenters. The molecular weight excluding hydrogens is 292 g/mol. The maximum Gasteiger partial charge on any atom is 0.317 e. The zero-order valence-corrected chi connectivity index (χ0v) is 14.0. The zero-order chi connectivity index (χ0) is 16.1. The minimum Gasteiger partial charge on any atom is -0.374 e. The SMILES string of the molecule is CN1CCOC(CN(CC2CC2)C(=O)NCCn2cccc2)C1. The van der Waals surface area contributed by atoms with Crippen LogP contribution in [0.2, 0.25) is 0 Å². The van der Waals surface area contributed by atoms with Crippen molar-refractivity contribution >= 4 is 6.03 Å². The van der Waals surface area contributed by atoms with Gasteiger partial charge in [0.1, 0.15) is 0 Å². The molecule has 23 heavy (non-hydrogen) atoms. The number of nitrogens with one attached hydrogen (secondary N) is 1. The van der Waals surface area contributed by atoms with Crippen molar-refractivity contribution in [3.8, 4) is 0 Å². The van der Waals surface area contributed by atoms with Gasteiger partial charge in [-0.15, -0.1) is 0 Å². The number of carbonyl (C=O) groups is 1. The second-order valence-electron chi connectivity index (χ2n) is 6.76. The fourth-order valence-electron chi connectivity index (χ4n) is 3.00. The molecular formula is C17H28N4O2. The van der Waals surface area contributed by atoms with Crippen LogP contribution < -0.4 is 5.32 Å². The lowest BCUT2D eigenvalue weighted by atomic mass is 10.2. The molecule has 1 aromatic heterocycles. The third kappa shape index (κ3) is 5.25. The molecule has 0 bridgehead atoms. The van der Waals surface area contributed by atoms with E-state index in [0.717, 1.165) is 32.8 Å². The third-order valence-electron chi connectivity index (χ3n) is 4.54. The monoisotopic (exact) mass is 320 g/mol. The van der Waals surface area contributed by atoms with Crippen LogP contribution in [0.5, 0.6) is 0 Å². The van der Waals surface area contributed by atoms with Gasteiger partial charge in [-0.05, 0) is 37.9 Å². The Morgan fingerprint density at radius 1 is 1.30 bits per heavy atom. The summed E-state index contributed by atoms with van der Waals surface area (Å²) in [5.74, 6) is 0.687. The molecule has 1 saturated heterocycles. The van der Waals surface area contributed by atoms with E-state index in [-0.39, 0.29) is 12.1 Å². The zero-order valence-electron chi connectivity index (χ0n) is 14.0. The Hall–Kier alpha value is -1.53. The molecule has 2 fully saturated rings. The molecule has 6 nitrogen and oxygen atoms in total. The number of hydrogen-bond acceptors (Lipinski definition) is 3. The Labute approximate surface area is 138 Å². The van der Waals surface area contributed by atoms with E-state index in [9.17, 15) is 4.79 Å². The Morgan fingerprint density at radius 2 is 2.09 bits per heavy atom. The topological polar surface area (TPSA) is 49.7 Å². The van der Waals surface area contributed by atoms with Crippen LogP contribution >= 0.6 is 0 Å². The Balaban J connectivity index is 1.47. The quantitative estimate of drug-likeness (QED) is 0.822. The highest BCUT2D eigenvalue weighted by Crippen LogP contribution is 2.29. The third-order valence-corrected chi connectivity index (χ3v) is 4.54. The summed E-state index contributed by atoms with van der Waals surface area (Å²) in [4.78, 5) is 16.8. The summed E-state index contributed by atoms with van der Waals surface area (Å²) in [6, 6.07) is 4.04. The molecule has 2 aliphatic rings. The second-order valence-corrected chi connectivity index (χ2v) is 6.76. The van der Waals surface area contributed by atoms with Crippen LogP contribution in [0.1, 0.15) is 12.8 Å². The smallest absolute Gasteiger partial charge is 0.317 e. The fraction of sp³-hybridized carbons (Fsp3) is 0.706. The Kier molecular flexibility index (Phi) is 5.56. The van der Waals surface area contributed by atoms with Gasteiger partial charge in [-0.3, -0.25) is 0 Å². The maximum atomic E-state index is 12.5. The molecule has 1 atom stereocenters. The van der Waals surface area contributed by atoms with Crippen molar-refractivity contribution in [1.82, 2.24) is 19.7 Å². The minimum atomic E-state index is 0.0425. The molecule has 1 N–H and O–H groups in total. The van der Waals surface area contributed by atoms with E-state index >= 15 is 0 Å². The number of urea groups is 1. The molecule has 1 saturated carbocycles. The Bertz CT molecular complexity index is 487. The first-order valence-corrected chi connectivity index (χ1v) is 8.64. The van der Waals surface area contributed by atoms with E-state index in [2.05, 4.69) is 21.8 Å². The molecule has 1 aromatic rings. The summed E-state index contributed by atoms with van der Waals surface area (Å²) >= 11 is 0. The van der Waals surface area contributed by atoms with Crippen molar-refractivity contribution < 1.29 is 9.53 Å². The molecule has 1 aliphatic carbocycles. The van der Waals surface area contributed by atoms with Crippen LogP contribution in [-0.4, -0.2) is 72.9 Å². The first-order chi connectivity index (χ1) is 11.2.